The van der Waals surface area contributed by atoms with E-state index in [1.807, 2.05) is 6.08 Å². The molecule has 1 aromatic carbocycles. The number of rotatable bonds is 4. The third-order valence-electron chi connectivity index (χ3n) is 6.78. The van der Waals surface area contributed by atoms with Crippen LogP contribution in [0.1, 0.15) is 57.9 Å². The fourth-order valence-electron chi connectivity index (χ4n) is 4.18. The Bertz CT molecular complexity index is 781. The summed E-state index contributed by atoms with van der Waals surface area (Å²) in [5, 5.41) is 0.0484. The fourth-order valence-corrected chi connectivity index (χ4v) is 5.91. The number of allylic oxidation sites excluding steroid dienone is 1. The summed E-state index contributed by atoms with van der Waals surface area (Å²) < 4.78 is 19.5. The molecule has 0 saturated heterocycles. The number of methoxy groups -OCH3 is 1. The van der Waals surface area contributed by atoms with Crippen LogP contribution in [0.4, 0.5) is 0 Å². The second-order valence-corrected chi connectivity index (χ2v) is 15.4. The van der Waals surface area contributed by atoms with Gasteiger partial charge in [-0.3, -0.25) is 0 Å². The molecule has 1 saturated carbocycles. The Hall–Kier alpha value is -1.11. The van der Waals surface area contributed by atoms with Crippen molar-refractivity contribution >= 4 is 30.2 Å². The Balaban J connectivity index is 2.09. The molecule has 3 rings (SSSR count). The summed E-state index contributed by atoms with van der Waals surface area (Å²) in [4.78, 5) is 12.5. The Kier molecular flexibility index (Phi) is 6.38. The zero-order valence-corrected chi connectivity index (χ0v) is 21.0. The smallest absolute Gasteiger partial charge is 0.373 e. The Morgan fingerprint density at radius 1 is 1.21 bits per heavy atom. The van der Waals surface area contributed by atoms with Gasteiger partial charge in [0.15, 0.2) is 8.32 Å². The zero-order chi connectivity index (χ0) is 21.4. The third-order valence-corrected chi connectivity index (χ3v) is 11.8. The van der Waals surface area contributed by atoms with E-state index in [9.17, 15) is 4.79 Å². The summed E-state index contributed by atoms with van der Waals surface area (Å²) in [6, 6.07) is 8.35. The molecular weight excluding hydrogens is 448 g/mol. The molecule has 160 valence electrons. The predicted octanol–water partition coefficient (Wildman–Crippen LogP) is 6.53. The van der Waals surface area contributed by atoms with E-state index < -0.39 is 20.1 Å². The van der Waals surface area contributed by atoms with Crippen molar-refractivity contribution < 1.29 is 18.7 Å². The first-order chi connectivity index (χ1) is 13.5. The summed E-state index contributed by atoms with van der Waals surface area (Å²) in [6.07, 6.45) is 5.93. The van der Waals surface area contributed by atoms with Gasteiger partial charge in [0, 0.05) is 22.7 Å². The quantitative estimate of drug-likeness (QED) is 0.362. The normalized spacial score (nSPS) is 27.5. The van der Waals surface area contributed by atoms with Gasteiger partial charge in [-0.1, -0.05) is 55.3 Å². The first-order valence-electron chi connectivity index (χ1n) is 10.4. The van der Waals surface area contributed by atoms with Crippen molar-refractivity contribution in [2.75, 3.05) is 7.11 Å². The summed E-state index contributed by atoms with van der Waals surface area (Å²) in [5.41, 5.74) is 1.17. The van der Waals surface area contributed by atoms with E-state index in [1.54, 1.807) is 0 Å². The van der Waals surface area contributed by atoms with Crippen LogP contribution >= 0.6 is 15.9 Å². The van der Waals surface area contributed by atoms with Crippen LogP contribution in [-0.2, 0) is 18.7 Å². The molecule has 29 heavy (non-hydrogen) atoms. The summed E-state index contributed by atoms with van der Waals surface area (Å²) in [5.74, 6) is -0.723. The first kappa shape index (κ1) is 22.6. The van der Waals surface area contributed by atoms with E-state index in [0.717, 1.165) is 30.2 Å². The molecule has 0 unspecified atom stereocenters. The van der Waals surface area contributed by atoms with Gasteiger partial charge in [-0.05, 0) is 54.7 Å². The Morgan fingerprint density at radius 2 is 1.86 bits per heavy atom. The van der Waals surface area contributed by atoms with E-state index in [1.165, 1.54) is 12.7 Å². The van der Waals surface area contributed by atoms with Gasteiger partial charge in [0.2, 0.25) is 11.5 Å². The van der Waals surface area contributed by atoms with Crippen molar-refractivity contribution in [1.29, 1.82) is 0 Å². The lowest BCUT2D eigenvalue weighted by atomic mass is 9.71. The molecule has 1 aliphatic heterocycles. The minimum Gasteiger partial charge on any atom is -0.463 e. The topological polar surface area (TPSA) is 44.8 Å². The van der Waals surface area contributed by atoms with Gasteiger partial charge in [-0.25, -0.2) is 4.79 Å². The molecule has 1 fully saturated rings. The molecule has 0 N–H and O–H groups in total. The van der Waals surface area contributed by atoms with Gasteiger partial charge in [-0.2, -0.15) is 0 Å². The number of ether oxygens (including phenoxy) is 2. The number of esters is 1. The van der Waals surface area contributed by atoms with Gasteiger partial charge in [0.1, 0.15) is 0 Å². The highest BCUT2D eigenvalue weighted by Crippen LogP contribution is 2.53. The summed E-state index contributed by atoms with van der Waals surface area (Å²) >= 11 is 3.52. The minimum atomic E-state index is -2.14. The maximum Gasteiger partial charge on any atom is 0.373 e. The van der Waals surface area contributed by atoms with Crippen LogP contribution in [0.5, 0.6) is 0 Å². The average Bonchev–Trinajstić information content (AvgIpc) is 2.65. The van der Waals surface area contributed by atoms with Gasteiger partial charge in [-0.15, -0.1) is 0 Å². The molecule has 1 aromatic rings. The first-order valence-corrected chi connectivity index (χ1v) is 14.1. The SMILES string of the molecule is COC(=O)C1=C[C@@H](c2ccc(Br)cc2)[C@@H]2CCCC[C@@]2(O[Si](C)(C)C(C)(C)C)O1. The van der Waals surface area contributed by atoms with Crippen molar-refractivity contribution in [3.8, 4) is 0 Å². The fraction of sp³-hybridized carbons (Fsp3) is 0.609. The lowest BCUT2D eigenvalue weighted by Gasteiger charge is -2.53. The maximum absolute atomic E-state index is 12.5. The van der Waals surface area contributed by atoms with Crippen LogP contribution in [0.2, 0.25) is 18.1 Å². The molecule has 0 amide bonds. The number of benzene rings is 1. The lowest BCUT2D eigenvalue weighted by Crippen LogP contribution is -2.58. The molecular formula is C23H33BrO4Si. The van der Waals surface area contributed by atoms with Crippen LogP contribution in [0.25, 0.3) is 0 Å². The van der Waals surface area contributed by atoms with E-state index in [4.69, 9.17) is 13.9 Å². The molecule has 0 spiro atoms. The molecule has 1 heterocycles. The number of halogens is 1. The second-order valence-electron chi connectivity index (χ2n) is 9.73. The van der Waals surface area contributed by atoms with E-state index in [0.29, 0.717) is 0 Å². The van der Waals surface area contributed by atoms with Crippen LogP contribution in [-0.4, -0.2) is 27.2 Å². The van der Waals surface area contributed by atoms with Gasteiger partial charge < -0.3 is 13.9 Å². The highest BCUT2D eigenvalue weighted by molar-refractivity contribution is 9.10. The van der Waals surface area contributed by atoms with Crippen LogP contribution < -0.4 is 0 Å². The van der Waals surface area contributed by atoms with Gasteiger partial charge in [0.05, 0.1) is 7.11 Å². The number of carbonyl (C=O) groups is 1. The monoisotopic (exact) mass is 480 g/mol. The van der Waals surface area contributed by atoms with Crippen molar-refractivity contribution in [2.24, 2.45) is 5.92 Å². The van der Waals surface area contributed by atoms with Crippen LogP contribution in [0.3, 0.4) is 0 Å². The molecule has 2 aliphatic rings. The van der Waals surface area contributed by atoms with Gasteiger partial charge in [0.25, 0.3) is 0 Å². The predicted molar refractivity (Wildman–Crippen MR) is 121 cm³/mol. The average molecular weight is 482 g/mol. The molecule has 0 bridgehead atoms. The van der Waals surface area contributed by atoms with Gasteiger partial charge >= 0.3 is 5.97 Å². The molecule has 6 heteroatoms. The number of hydrogen-bond acceptors (Lipinski definition) is 4. The van der Waals surface area contributed by atoms with Crippen molar-refractivity contribution in [2.45, 2.75) is 76.3 Å². The molecule has 0 radical (unpaired) electrons. The van der Waals surface area contributed by atoms with Crippen molar-refractivity contribution in [3.05, 3.63) is 46.1 Å². The van der Waals surface area contributed by atoms with E-state index in [-0.39, 0.29) is 22.6 Å². The molecule has 3 atom stereocenters. The zero-order valence-electron chi connectivity index (χ0n) is 18.4. The Labute approximate surface area is 184 Å². The number of fused-ring (bicyclic) bond motifs is 1. The number of carbonyl (C=O) groups excluding carboxylic acids is 1. The number of hydrogen-bond donors (Lipinski definition) is 0. The maximum atomic E-state index is 12.5. The molecule has 0 aromatic heterocycles. The standard InChI is InChI=1S/C23H33BrO4Si/c1-22(2,3)29(5,6)28-23-14-8-7-9-19(23)18(15-20(27-23)21(25)26-4)16-10-12-17(24)13-11-16/h10-13,15,18-19H,7-9,14H2,1-6H3/t18-,19-,23-/m0/s1. The highest BCUT2D eigenvalue weighted by Gasteiger charge is 2.56. The van der Waals surface area contributed by atoms with E-state index in [2.05, 4.69) is 74.1 Å². The summed E-state index contributed by atoms with van der Waals surface area (Å²) in [7, 11) is -0.737. The second kappa shape index (κ2) is 8.20. The molecule has 4 nitrogen and oxygen atoms in total. The largest absolute Gasteiger partial charge is 0.463 e. The highest BCUT2D eigenvalue weighted by atomic mass is 79.9. The van der Waals surface area contributed by atoms with Crippen LogP contribution in [0, 0.1) is 5.92 Å². The minimum absolute atomic E-state index is 0.0484. The summed E-state index contributed by atoms with van der Waals surface area (Å²) in [6.45, 7) is 11.2. The van der Waals surface area contributed by atoms with Crippen molar-refractivity contribution in [1.82, 2.24) is 0 Å². The third kappa shape index (κ3) is 4.49. The van der Waals surface area contributed by atoms with Crippen molar-refractivity contribution in [3.63, 3.8) is 0 Å². The Morgan fingerprint density at radius 3 is 2.45 bits per heavy atom. The lowest BCUT2D eigenvalue weighted by molar-refractivity contribution is -0.232. The van der Waals surface area contributed by atoms with E-state index >= 15 is 0 Å². The van der Waals surface area contributed by atoms with Crippen LogP contribution in [0.15, 0.2) is 40.6 Å². The molecule has 1 aliphatic carbocycles.